The number of allylic oxidation sites excluding steroid dienone is 4. The van der Waals surface area contributed by atoms with E-state index in [2.05, 4.69) is 45.8 Å². The number of terminal acetylenes is 1. The van der Waals surface area contributed by atoms with Gasteiger partial charge in [-0.2, -0.15) is 0 Å². The fraction of sp³-hybridized carbons (Fsp3) is 0.700. The van der Waals surface area contributed by atoms with Crippen LogP contribution in [0.4, 0.5) is 0 Å². The molecule has 0 saturated heterocycles. The molecule has 0 heterocycles. The molecule has 0 bridgehead atoms. The van der Waals surface area contributed by atoms with Crippen LogP contribution in [0.5, 0.6) is 0 Å². The van der Waals surface area contributed by atoms with Crippen LogP contribution >= 0.6 is 0 Å². The van der Waals surface area contributed by atoms with Crippen molar-refractivity contribution in [2.75, 3.05) is 0 Å². The summed E-state index contributed by atoms with van der Waals surface area (Å²) in [7, 11) is 0. The molecule has 0 aromatic heterocycles. The first-order chi connectivity index (χ1) is 9.76. The van der Waals surface area contributed by atoms with Crippen LogP contribution in [0, 0.1) is 18.3 Å². The highest BCUT2D eigenvalue weighted by Gasteiger charge is 2.14. The van der Waals surface area contributed by atoms with Crippen LogP contribution in [0.15, 0.2) is 23.3 Å². The van der Waals surface area contributed by atoms with E-state index in [9.17, 15) is 5.11 Å². The first-order valence-electron chi connectivity index (χ1n) is 8.28. The third kappa shape index (κ3) is 12.5. The fourth-order valence-electron chi connectivity index (χ4n) is 2.21. The normalized spacial score (nSPS) is 15.9. The molecule has 1 heteroatoms. The molecule has 0 spiro atoms. The Bertz CT molecular complexity index is 377. The topological polar surface area (TPSA) is 20.2 Å². The summed E-state index contributed by atoms with van der Waals surface area (Å²) in [6, 6.07) is 0. The fourth-order valence-corrected chi connectivity index (χ4v) is 2.21. The predicted molar refractivity (Wildman–Crippen MR) is 94.1 cm³/mol. The molecule has 0 radical (unpaired) electrons. The smallest absolute Gasteiger partial charge is 0.122 e. The molecule has 0 amide bonds. The van der Waals surface area contributed by atoms with Crippen LogP contribution in [0.1, 0.15) is 79.6 Å². The lowest BCUT2D eigenvalue weighted by molar-refractivity contribution is 0.113. The lowest BCUT2D eigenvalue weighted by Crippen LogP contribution is -2.20. The van der Waals surface area contributed by atoms with E-state index in [1.807, 2.05) is 0 Å². The molecule has 1 N–H and O–H groups in total. The van der Waals surface area contributed by atoms with Gasteiger partial charge in [0.25, 0.3) is 0 Å². The van der Waals surface area contributed by atoms with Crippen molar-refractivity contribution in [3.05, 3.63) is 23.3 Å². The van der Waals surface area contributed by atoms with Crippen molar-refractivity contribution < 1.29 is 5.11 Å². The maximum absolute atomic E-state index is 9.73. The summed E-state index contributed by atoms with van der Waals surface area (Å²) in [5.74, 6) is 3.23. The molecular weight excluding hydrogens is 256 g/mol. The molecule has 1 atom stereocenters. The van der Waals surface area contributed by atoms with Crippen molar-refractivity contribution in [3.8, 4) is 12.3 Å². The third-order valence-corrected chi connectivity index (χ3v) is 3.82. The van der Waals surface area contributed by atoms with Gasteiger partial charge in [0.2, 0.25) is 0 Å². The Hall–Kier alpha value is -1.00. The summed E-state index contributed by atoms with van der Waals surface area (Å²) in [5.41, 5.74) is 1.93. The van der Waals surface area contributed by atoms with Gasteiger partial charge in [0.1, 0.15) is 5.60 Å². The average molecular weight is 290 g/mol. The Morgan fingerprint density at radius 3 is 2.29 bits per heavy atom. The summed E-state index contributed by atoms with van der Waals surface area (Å²) in [6.07, 6.45) is 17.4. The molecule has 0 aliphatic carbocycles. The van der Waals surface area contributed by atoms with E-state index in [-0.39, 0.29) is 0 Å². The first kappa shape index (κ1) is 20.0. The molecule has 0 aliphatic heterocycles. The zero-order chi connectivity index (χ0) is 16.3. The van der Waals surface area contributed by atoms with Gasteiger partial charge in [0, 0.05) is 0 Å². The highest BCUT2D eigenvalue weighted by Crippen LogP contribution is 2.16. The standard InChI is InChI=1S/C20H34O/c1-7-20(6,21)16-10-15-19(5)14-9-13-18(4)12-8-11-17(2)3/h1,13,15,17,21H,8-12,14,16H2,2-6H3. The number of hydrogen-bond donors (Lipinski definition) is 1. The van der Waals surface area contributed by atoms with Gasteiger partial charge in [-0.25, -0.2) is 0 Å². The van der Waals surface area contributed by atoms with Crippen LogP contribution in [-0.2, 0) is 0 Å². The van der Waals surface area contributed by atoms with Gasteiger partial charge >= 0.3 is 0 Å². The molecule has 0 aromatic carbocycles. The van der Waals surface area contributed by atoms with E-state index in [1.54, 1.807) is 6.92 Å². The summed E-state index contributed by atoms with van der Waals surface area (Å²) in [4.78, 5) is 0. The van der Waals surface area contributed by atoms with Gasteiger partial charge in [0.15, 0.2) is 0 Å². The average Bonchev–Trinajstić information content (AvgIpc) is 2.38. The Kier molecular flexibility index (Phi) is 10.2. The number of aliphatic hydroxyl groups is 1. The zero-order valence-electron chi connectivity index (χ0n) is 14.7. The van der Waals surface area contributed by atoms with Gasteiger partial charge in [-0.05, 0) is 65.2 Å². The highest BCUT2D eigenvalue weighted by atomic mass is 16.3. The van der Waals surface area contributed by atoms with E-state index < -0.39 is 5.60 Å². The Morgan fingerprint density at radius 2 is 1.71 bits per heavy atom. The summed E-state index contributed by atoms with van der Waals surface area (Å²) in [5, 5.41) is 9.73. The maximum Gasteiger partial charge on any atom is 0.122 e. The molecule has 0 fully saturated rings. The van der Waals surface area contributed by atoms with Crippen LogP contribution in [0.3, 0.4) is 0 Å². The molecule has 120 valence electrons. The Morgan fingerprint density at radius 1 is 1.14 bits per heavy atom. The van der Waals surface area contributed by atoms with Gasteiger partial charge in [-0.3, -0.25) is 0 Å². The van der Waals surface area contributed by atoms with Crippen molar-refractivity contribution in [2.45, 2.75) is 85.2 Å². The van der Waals surface area contributed by atoms with E-state index in [4.69, 9.17) is 6.42 Å². The molecular formula is C20H34O. The molecule has 1 nitrogen and oxygen atoms in total. The van der Waals surface area contributed by atoms with Gasteiger partial charge < -0.3 is 5.11 Å². The van der Waals surface area contributed by atoms with E-state index in [0.29, 0.717) is 6.42 Å². The Balaban J connectivity index is 3.91. The zero-order valence-corrected chi connectivity index (χ0v) is 14.7. The van der Waals surface area contributed by atoms with Crippen LogP contribution in [0.25, 0.3) is 0 Å². The van der Waals surface area contributed by atoms with Gasteiger partial charge in [0.05, 0.1) is 0 Å². The molecule has 1 unspecified atom stereocenters. The Labute approximate surface area is 132 Å². The molecule has 0 aromatic rings. The summed E-state index contributed by atoms with van der Waals surface area (Å²) in [6.45, 7) is 10.7. The van der Waals surface area contributed by atoms with Gasteiger partial charge in [-0.1, -0.05) is 49.5 Å². The third-order valence-electron chi connectivity index (χ3n) is 3.82. The van der Waals surface area contributed by atoms with Crippen molar-refractivity contribution >= 4 is 0 Å². The van der Waals surface area contributed by atoms with Crippen molar-refractivity contribution in [1.29, 1.82) is 0 Å². The molecule has 0 rings (SSSR count). The van der Waals surface area contributed by atoms with E-state index >= 15 is 0 Å². The van der Waals surface area contributed by atoms with E-state index in [1.165, 1.54) is 30.4 Å². The van der Waals surface area contributed by atoms with Crippen molar-refractivity contribution in [1.82, 2.24) is 0 Å². The van der Waals surface area contributed by atoms with E-state index in [0.717, 1.165) is 25.2 Å². The molecule has 0 saturated carbocycles. The summed E-state index contributed by atoms with van der Waals surface area (Å²) < 4.78 is 0. The second-order valence-corrected chi connectivity index (χ2v) is 6.88. The minimum atomic E-state index is -0.969. The van der Waals surface area contributed by atoms with Crippen molar-refractivity contribution in [2.24, 2.45) is 5.92 Å². The SMILES string of the molecule is C#CC(C)(O)CCC=C(C)CCC=C(C)CCCC(C)C. The lowest BCUT2D eigenvalue weighted by Gasteiger charge is -2.14. The second-order valence-electron chi connectivity index (χ2n) is 6.88. The van der Waals surface area contributed by atoms with Crippen molar-refractivity contribution in [3.63, 3.8) is 0 Å². The minimum absolute atomic E-state index is 0.630. The highest BCUT2D eigenvalue weighted by molar-refractivity contribution is 5.07. The number of rotatable bonds is 10. The van der Waals surface area contributed by atoms with Gasteiger partial charge in [-0.15, -0.1) is 6.42 Å². The van der Waals surface area contributed by atoms with Crippen LogP contribution in [0.2, 0.25) is 0 Å². The van der Waals surface area contributed by atoms with Crippen LogP contribution < -0.4 is 0 Å². The first-order valence-corrected chi connectivity index (χ1v) is 8.28. The maximum atomic E-state index is 9.73. The molecule has 21 heavy (non-hydrogen) atoms. The lowest BCUT2D eigenvalue weighted by atomic mass is 9.99. The molecule has 0 aliphatic rings. The quantitative estimate of drug-likeness (QED) is 0.407. The van der Waals surface area contributed by atoms with Crippen LogP contribution in [-0.4, -0.2) is 10.7 Å². The predicted octanol–water partition coefficient (Wildman–Crippen LogP) is 5.65. The largest absolute Gasteiger partial charge is 0.378 e. The summed E-state index contributed by atoms with van der Waals surface area (Å²) >= 11 is 0. The monoisotopic (exact) mass is 290 g/mol. The minimum Gasteiger partial charge on any atom is -0.378 e. The second kappa shape index (κ2) is 10.7. The number of hydrogen-bond acceptors (Lipinski definition) is 1.